The molecule has 0 spiro atoms. The van der Waals surface area contributed by atoms with E-state index in [4.69, 9.17) is 0 Å². The lowest BCUT2D eigenvalue weighted by Gasteiger charge is -2.39. The van der Waals surface area contributed by atoms with Gasteiger partial charge < -0.3 is 10.0 Å². The van der Waals surface area contributed by atoms with E-state index < -0.39 is 11.4 Å². The molecule has 24 heavy (non-hydrogen) atoms. The minimum Gasteiger partial charge on any atom is -0.481 e. The SMILES string of the molecule is O=C(O)C1(CCCc2ccccc2)CCN(c2ncccn2)CC1. The van der Waals surface area contributed by atoms with Crippen molar-refractivity contribution in [1.29, 1.82) is 0 Å². The molecule has 1 aromatic carbocycles. The van der Waals surface area contributed by atoms with Crippen LogP contribution in [0.15, 0.2) is 48.8 Å². The minimum absolute atomic E-state index is 0.611. The van der Waals surface area contributed by atoms with Gasteiger partial charge in [-0.05, 0) is 43.7 Å². The number of piperidine rings is 1. The van der Waals surface area contributed by atoms with Crippen molar-refractivity contribution in [2.75, 3.05) is 18.0 Å². The molecule has 2 heterocycles. The van der Waals surface area contributed by atoms with Gasteiger partial charge in [-0.2, -0.15) is 0 Å². The van der Waals surface area contributed by atoms with Crippen LogP contribution < -0.4 is 4.90 Å². The van der Waals surface area contributed by atoms with Crippen molar-refractivity contribution in [2.24, 2.45) is 5.41 Å². The van der Waals surface area contributed by atoms with Gasteiger partial charge in [0, 0.05) is 25.5 Å². The Balaban J connectivity index is 1.58. The van der Waals surface area contributed by atoms with Crippen molar-refractivity contribution in [3.8, 4) is 0 Å². The van der Waals surface area contributed by atoms with Gasteiger partial charge >= 0.3 is 5.97 Å². The third-order valence-electron chi connectivity index (χ3n) is 4.97. The first kappa shape index (κ1) is 16.4. The monoisotopic (exact) mass is 325 g/mol. The molecule has 1 fully saturated rings. The first-order chi connectivity index (χ1) is 11.7. The molecule has 0 amide bonds. The van der Waals surface area contributed by atoms with E-state index in [0.717, 1.165) is 19.3 Å². The van der Waals surface area contributed by atoms with Crippen LogP contribution in [-0.2, 0) is 11.2 Å². The van der Waals surface area contributed by atoms with Crippen LogP contribution in [0.25, 0.3) is 0 Å². The molecule has 5 heteroatoms. The number of aryl methyl sites for hydroxylation is 1. The van der Waals surface area contributed by atoms with Gasteiger partial charge in [0.2, 0.25) is 5.95 Å². The fraction of sp³-hybridized carbons (Fsp3) is 0.421. The summed E-state index contributed by atoms with van der Waals surface area (Å²) in [5.41, 5.74) is 0.660. The number of hydrogen-bond donors (Lipinski definition) is 1. The van der Waals surface area contributed by atoms with Gasteiger partial charge in [0.05, 0.1) is 5.41 Å². The lowest BCUT2D eigenvalue weighted by Crippen LogP contribution is -2.45. The summed E-state index contributed by atoms with van der Waals surface area (Å²) in [4.78, 5) is 22.5. The van der Waals surface area contributed by atoms with Gasteiger partial charge in [-0.15, -0.1) is 0 Å². The summed E-state index contributed by atoms with van der Waals surface area (Å²) in [6, 6.07) is 12.1. The number of nitrogens with zero attached hydrogens (tertiary/aromatic N) is 3. The highest BCUT2D eigenvalue weighted by Gasteiger charge is 2.41. The Labute approximate surface area is 142 Å². The fourth-order valence-corrected chi connectivity index (χ4v) is 3.44. The summed E-state index contributed by atoms with van der Waals surface area (Å²) in [6.07, 6.45) is 7.30. The number of carbonyl (C=O) groups is 1. The maximum absolute atomic E-state index is 11.9. The van der Waals surface area contributed by atoms with Crippen LogP contribution in [0.4, 0.5) is 5.95 Å². The highest BCUT2D eigenvalue weighted by Crippen LogP contribution is 2.37. The predicted octanol–water partition coefficient (Wildman–Crippen LogP) is 3.17. The molecule has 3 rings (SSSR count). The fourth-order valence-electron chi connectivity index (χ4n) is 3.44. The van der Waals surface area contributed by atoms with Gasteiger partial charge in [0.15, 0.2) is 0 Å². The van der Waals surface area contributed by atoms with Crippen molar-refractivity contribution >= 4 is 11.9 Å². The maximum atomic E-state index is 11.9. The zero-order valence-electron chi connectivity index (χ0n) is 13.8. The van der Waals surface area contributed by atoms with Gasteiger partial charge in [-0.1, -0.05) is 30.3 Å². The summed E-state index contributed by atoms with van der Waals surface area (Å²) in [6.45, 7) is 1.39. The molecule has 0 unspecified atom stereocenters. The average molecular weight is 325 g/mol. The minimum atomic E-state index is -0.663. The van der Waals surface area contributed by atoms with E-state index >= 15 is 0 Å². The Kier molecular flexibility index (Phi) is 5.08. The molecular weight excluding hydrogens is 302 g/mol. The van der Waals surface area contributed by atoms with Crippen molar-refractivity contribution in [2.45, 2.75) is 32.1 Å². The highest BCUT2D eigenvalue weighted by atomic mass is 16.4. The smallest absolute Gasteiger partial charge is 0.309 e. The van der Waals surface area contributed by atoms with Crippen LogP contribution in [-0.4, -0.2) is 34.1 Å². The Bertz CT molecular complexity index is 647. The van der Waals surface area contributed by atoms with Crippen LogP contribution in [0.1, 0.15) is 31.2 Å². The summed E-state index contributed by atoms with van der Waals surface area (Å²) in [7, 11) is 0. The third kappa shape index (κ3) is 3.72. The van der Waals surface area contributed by atoms with E-state index in [1.54, 1.807) is 18.5 Å². The molecule has 0 atom stereocenters. The molecule has 126 valence electrons. The van der Waals surface area contributed by atoms with Gasteiger partial charge in [-0.3, -0.25) is 4.79 Å². The number of carboxylic acid groups (broad SMARTS) is 1. The normalized spacial score (nSPS) is 16.8. The molecule has 0 bridgehead atoms. The molecule has 1 aliphatic heterocycles. The lowest BCUT2D eigenvalue weighted by molar-refractivity contribution is -0.151. The highest BCUT2D eigenvalue weighted by molar-refractivity contribution is 5.75. The molecular formula is C19H23N3O2. The first-order valence-corrected chi connectivity index (χ1v) is 8.49. The summed E-state index contributed by atoms with van der Waals surface area (Å²) >= 11 is 0. The first-order valence-electron chi connectivity index (χ1n) is 8.49. The van der Waals surface area contributed by atoms with E-state index in [2.05, 4.69) is 27.0 Å². The van der Waals surface area contributed by atoms with E-state index in [-0.39, 0.29) is 0 Å². The molecule has 2 aromatic rings. The quantitative estimate of drug-likeness (QED) is 0.883. The number of aliphatic carboxylic acids is 1. The van der Waals surface area contributed by atoms with Gasteiger partial charge in [0.25, 0.3) is 0 Å². The van der Waals surface area contributed by atoms with Crippen LogP contribution in [0.3, 0.4) is 0 Å². The van der Waals surface area contributed by atoms with Crippen molar-refractivity contribution in [1.82, 2.24) is 9.97 Å². The van der Waals surface area contributed by atoms with Crippen LogP contribution in [0, 0.1) is 5.41 Å². The third-order valence-corrected chi connectivity index (χ3v) is 4.97. The number of benzene rings is 1. The molecule has 0 saturated carbocycles. The maximum Gasteiger partial charge on any atom is 0.309 e. The standard InChI is InChI=1S/C19H23N3O2/c23-17(24)19(9-4-8-16-6-2-1-3-7-16)10-14-22(15-11-19)18-20-12-5-13-21-18/h1-3,5-7,12-13H,4,8-11,14-15H2,(H,23,24). The number of anilines is 1. The zero-order valence-corrected chi connectivity index (χ0v) is 13.8. The van der Waals surface area contributed by atoms with Gasteiger partial charge in [0.1, 0.15) is 0 Å². The lowest BCUT2D eigenvalue weighted by atomic mass is 9.74. The summed E-state index contributed by atoms with van der Waals surface area (Å²) < 4.78 is 0. The number of hydrogen-bond acceptors (Lipinski definition) is 4. The topological polar surface area (TPSA) is 66.3 Å². The summed E-state index contributed by atoms with van der Waals surface area (Å²) in [5.74, 6) is 0.0324. The molecule has 0 aliphatic carbocycles. The Morgan fingerprint density at radius 1 is 1.08 bits per heavy atom. The average Bonchev–Trinajstić information content (AvgIpc) is 2.64. The molecule has 1 aromatic heterocycles. The van der Waals surface area contributed by atoms with Crippen LogP contribution >= 0.6 is 0 Å². The Morgan fingerprint density at radius 2 is 1.75 bits per heavy atom. The second kappa shape index (κ2) is 7.43. The Hall–Kier alpha value is -2.43. The predicted molar refractivity (Wildman–Crippen MR) is 92.9 cm³/mol. The second-order valence-corrected chi connectivity index (χ2v) is 6.46. The second-order valence-electron chi connectivity index (χ2n) is 6.46. The molecule has 1 saturated heterocycles. The van der Waals surface area contributed by atoms with Crippen LogP contribution in [0.2, 0.25) is 0 Å². The largest absolute Gasteiger partial charge is 0.481 e. The van der Waals surface area contributed by atoms with E-state index in [1.165, 1.54) is 5.56 Å². The zero-order chi connectivity index (χ0) is 16.8. The Morgan fingerprint density at radius 3 is 2.38 bits per heavy atom. The number of aromatic nitrogens is 2. The van der Waals surface area contributed by atoms with Gasteiger partial charge in [-0.25, -0.2) is 9.97 Å². The van der Waals surface area contributed by atoms with E-state index in [0.29, 0.717) is 31.9 Å². The van der Waals surface area contributed by atoms with E-state index in [9.17, 15) is 9.90 Å². The van der Waals surface area contributed by atoms with Crippen LogP contribution in [0.5, 0.6) is 0 Å². The van der Waals surface area contributed by atoms with Crippen molar-refractivity contribution < 1.29 is 9.90 Å². The number of rotatable bonds is 6. The molecule has 1 N–H and O–H groups in total. The molecule has 0 radical (unpaired) electrons. The molecule has 5 nitrogen and oxygen atoms in total. The summed E-state index contributed by atoms with van der Waals surface area (Å²) in [5, 5.41) is 9.79. The van der Waals surface area contributed by atoms with Crippen molar-refractivity contribution in [3.05, 3.63) is 54.4 Å². The number of carboxylic acids is 1. The van der Waals surface area contributed by atoms with E-state index in [1.807, 2.05) is 18.2 Å². The molecule has 1 aliphatic rings. The van der Waals surface area contributed by atoms with Crippen molar-refractivity contribution in [3.63, 3.8) is 0 Å².